The van der Waals surface area contributed by atoms with Crippen LogP contribution in [0.4, 0.5) is 0 Å². The van der Waals surface area contributed by atoms with Crippen LogP contribution in [0.5, 0.6) is 5.75 Å². The smallest absolute Gasteiger partial charge is 0.270 e. The summed E-state index contributed by atoms with van der Waals surface area (Å²) < 4.78 is 11.5. The molecule has 2 aliphatic rings. The number of thiazole rings is 1. The minimum absolute atomic E-state index is 0.0845. The van der Waals surface area contributed by atoms with Crippen molar-refractivity contribution in [2.45, 2.75) is 57.8 Å². The van der Waals surface area contributed by atoms with Gasteiger partial charge in [-0.3, -0.25) is 4.79 Å². The van der Waals surface area contributed by atoms with Crippen LogP contribution in [0.15, 0.2) is 29.6 Å². The summed E-state index contributed by atoms with van der Waals surface area (Å²) in [6, 6.07) is 8.04. The zero-order chi connectivity index (χ0) is 18.8. The molecule has 2 heterocycles. The van der Waals surface area contributed by atoms with E-state index in [-0.39, 0.29) is 18.1 Å². The quantitative estimate of drug-likeness (QED) is 0.805. The predicted octanol–water partition coefficient (Wildman–Crippen LogP) is 4.28. The van der Waals surface area contributed by atoms with Crippen LogP contribution >= 0.6 is 11.3 Å². The summed E-state index contributed by atoms with van der Waals surface area (Å²) in [6.45, 7) is 4.75. The van der Waals surface area contributed by atoms with Crippen molar-refractivity contribution in [3.05, 3.63) is 35.3 Å². The van der Waals surface area contributed by atoms with Crippen molar-refractivity contribution >= 4 is 17.2 Å². The van der Waals surface area contributed by atoms with Crippen LogP contribution in [-0.2, 0) is 4.74 Å². The fraction of sp³-hybridized carbons (Fsp3) is 0.524. The van der Waals surface area contributed by atoms with Crippen LogP contribution in [0.2, 0.25) is 0 Å². The van der Waals surface area contributed by atoms with Crippen LogP contribution < -0.4 is 10.1 Å². The number of hydrogen-bond donors (Lipinski definition) is 1. The monoisotopic (exact) mass is 386 g/mol. The van der Waals surface area contributed by atoms with Crippen molar-refractivity contribution in [3.63, 3.8) is 0 Å². The summed E-state index contributed by atoms with van der Waals surface area (Å²) in [5.41, 5.74) is 1.49. The van der Waals surface area contributed by atoms with E-state index in [1.165, 1.54) is 24.2 Å². The van der Waals surface area contributed by atoms with Gasteiger partial charge in [-0.05, 0) is 69.7 Å². The Labute approximate surface area is 164 Å². The molecule has 1 N–H and O–H groups in total. The second-order valence-corrected chi connectivity index (χ2v) is 8.53. The van der Waals surface area contributed by atoms with E-state index in [1.807, 2.05) is 43.5 Å². The molecule has 27 heavy (non-hydrogen) atoms. The molecule has 1 aromatic carbocycles. The number of carbonyl (C=O) groups excluding carboxylic acids is 1. The van der Waals surface area contributed by atoms with Crippen LogP contribution in [0.1, 0.15) is 50.0 Å². The molecule has 4 rings (SSSR count). The van der Waals surface area contributed by atoms with Crippen LogP contribution in [0, 0.1) is 5.92 Å². The molecule has 144 valence electrons. The fourth-order valence-corrected chi connectivity index (χ4v) is 4.28. The molecular weight excluding hydrogens is 360 g/mol. The molecule has 2 fully saturated rings. The molecule has 0 spiro atoms. The number of nitrogens with one attached hydrogen (secondary N) is 1. The number of nitrogens with zero attached hydrogens (tertiary/aromatic N) is 1. The van der Waals surface area contributed by atoms with E-state index in [2.05, 4.69) is 10.3 Å². The second kappa shape index (κ2) is 7.98. The van der Waals surface area contributed by atoms with E-state index in [9.17, 15) is 4.79 Å². The molecule has 0 unspecified atom stereocenters. The zero-order valence-corrected chi connectivity index (χ0v) is 16.6. The van der Waals surface area contributed by atoms with Gasteiger partial charge in [0.1, 0.15) is 16.5 Å². The van der Waals surface area contributed by atoms with Gasteiger partial charge in [-0.15, -0.1) is 11.3 Å². The van der Waals surface area contributed by atoms with E-state index < -0.39 is 0 Å². The molecule has 1 amide bonds. The number of carbonyl (C=O) groups is 1. The summed E-state index contributed by atoms with van der Waals surface area (Å²) in [4.78, 5) is 17.1. The third-order valence-corrected chi connectivity index (χ3v) is 5.90. The van der Waals surface area contributed by atoms with Gasteiger partial charge in [-0.25, -0.2) is 4.98 Å². The molecule has 1 aromatic heterocycles. The minimum atomic E-state index is -0.0845. The van der Waals surface area contributed by atoms with Crippen LogP contribution in [-0.4, -0.2) is 35.7 Å². The molecule has 5 nitrogen and oxygen atoms in total. The maximum atomic E-state index is 12.6. The molecule has 1 saturated carbocycles. The number of rotatable bonds is 6. The average Bonchev–Trinajstić information content (AvgIpc) is 3.39. The molecule has 1 aliphatic heterocycles. The SMILES string of the molecule is CC(C)Oc1ccc(-c2nc(C(=O)N[C@@H]3CCO[C@H](C4CC4)C3)cs2)cc1. The van der Waals surface area contributed by atoms with Gasteiger partial charge in [-0.1, -0.05) is 0 Å². The molecule has 2 atom stereocenters. The second-order valence-electron chi connectivity index (χ2n) is 7.67. The summed E-state index contributed by atoms with van der Waals surface area (Å²) >= 11 is 1.49. The van der Waals surface area contributed by atoms with Gasteiger partial charge < -0.3 is 14.8 Å². The molecular formula is C21H26N2O3S. The topological polar surface area (TPSA) is 60.5 Å². The highest BCUT2D eigenvalue weighted by Crippen LogP contribution is 2.38. The highest BCUT2D eigenvalue weighted by Gasteiger charge is 2.36. The number of amides is 1. The van der Waals surface area contributed by atoms with Crippen LogP contribution in [0.25, 0.3) is 10.6 Å². The largest absolute Gasteiger partial charge is 0.491 e. The fourth-order valence-electron chi connectivity index (χ4n) is 3.47. The Morgan fingerprint density at radius 2 is 2.04 bits per heavy atom. The van der Waals surface area contributed by atoms with Crippen molar-refractivity contribution in [2.24, 2.45) is 5.92 Å². The number of benzene rings is 1. The lowest BCUT2D eigenvalue weighted by atomic mass is 10.00. The maximum Gasteiger partial charge on any atom is 0.270 e. The van der Waals surface area contributed by atoms with E-state index in [0.717, 1.165) is 35.8 Å². The summed E-state index contributed by atoms with van der Waals surface area (Å²) in [6.07, 6.45) is 4.80. The third kappa shape index (κ3) is 4.68. The Morgan fingerprint density at radius 3 is 2.74 bits per heavy atom. The molecule has 0 bridgehead atoms. The number of aromatic nitrogens is 1. The minimum Gasteiger partial charge on any atom is -0.491 e. The lowest BCUT2D eigenvalue weighted by molar-refractivity contribution is -0.0102. The van der Waals surface area contributed by atoms with Gasteiger partial charge in [-0.2, -0.15) is 0 Å². The first kappa shape index (κ1) is 18.4. The average molecular weight is 387 g/mol. The van der Waals surface area contributed by atoms with Crippen molar-refractivity contribution < 1.29 is 14.3 Å². The Hall–Kier alpha value is -1.92. The highest BCUT2D eigenvalue weighted by molar-refractivity contribution is 7.13. The van der Waals surface area contributed by atoms with Crippen molar-refractivity contribution in [1.82, 2.24) is 10.3 Å². The van der Waals surface area contributed by atoms with Crippen LogP contribution in [0.3, 0.4) is 0 Å². The van der Waals surface area contributed by atoms with E-state index in [0.29, 0.717) is 17.7 Å². The third-order valence-electron chi connectivity index (χ3n) is 5.01. The van der Waals surface area contributed by atoms with E-state index in [1.54, 1.807) is 0 Å². The van der Waals surface area contributed by atoms with Gasteiger partial charge in [0.25, 0.3) is 5.91 Å². The Kier molecular flexibility index (Phi) is 5.45. The normalized spacial score (nSPS) is 22.6. The molecule has 0 radical (unpaired) electrons. The van der Waals surface area contributed by atoms with Gasteiger partial charge in [0.05, 0.1) is 12.2 Å². The van der Waals surface area contributed by atoms with Gasteiger partial charge in [0.15, 0.2) is 0 Å². The van der Waals surface area contributed by atoms with Crippen molar-refractivity contribution in [1.29, 1.82) is 0 Å². The molecule has 2 aromatic rings. The predicted molar refractivity (Wildman–Crippen MR) is 106 cm³/mol. The Morgan fingerprint density at radius 1 is 1.26 bits per heavy atom. The molecule has 1 aliphatic carbocycles. The standard InChI is InChI=1S/C21H26N2O3S/c1-13(2)26-17-7-5-15(6-8-17)21-23-18(12-27-21)20(24)22-16-9-10-25-19(11-16)14-3-4-14/h5-8,12-14,16,19H,3-4,9-11H2,1-2H3,(H,22,24)/t16-,19+/m1/s1. The summed E-state index contributed by atoms with van der Waals surface area (Å²) in [5, 5.41) is 5.83. The maximum absolute atomic E-state index is 12.6. The zero-order valence-electron chi connectivity index (χ0n) is 15.8. The Bertz CT molecular complexity index is 783. The lowest BCUT2D eigenvalue weighted by Gasteiger charge is -2.30. The van der Waals surface area contributed by atoms with Gasteiger partial charge in [0, 0.05) is 23.6 Å². The first-order valence-electron chi connectivity index (χ1n) is 9.73. The first-order chi connectivity index (χ1) is 13.1. The van der Waals surface area contributed by atoms with Crippen molar-refractivity contribution in [2.75, 3.05) is 6.61 Å². The summed E-state index contributed by atoms with van der Waals surface area (Å²) in [5.74, 6) is 1.46. The summed E-state index contributed by atoms with van der Waals surface area (Å²) in [7, 11) is 0. The first-order valence-corrected chi connectivity index (χ1v) is 10.6. The van der Waals surface area contributed by atoms with Gasteiger partial charge in [0.2, 0.25) is 0 Å². The van der Waals surface area contributed by atoms with Crippen molar-refractivity contribution in [3.8, 4) is 16.3 Å². The highest BCUT2D eigenvalue weighted by atomic mass is 32.1. The molecule has 6 heteroatoms. The van der Waals surface area contributed by atoms with Gasteiger partial charge >= 0.3 is 0 Å². The Balaban J connectivity index is 1.37. The number of ether oxygens (including phenoxy) is 2. The van der Waals surface area contributed by atoms with E-state index in [4.69, 9.17) is 9.47 Å². The van der Waals surface area contributed by atoms with E-state index >= 15 is 0 Å². The molecule has 1 saturated heterocycles. The lowest BCUT2D eigenvalue weighted by Crippen LogP contribution is -2.42. The number of hydrogen-bond acceptors (Lipinski definition) is 5.